The Balaban J connectivity index is 2.10. The molecule has 0 aromatic heterocycles. The maximum atomic E-state index is 12.8. The Bertz CT molecular complexity index is 539. The molecule has 2 rings (SSSR count). The molecule has 1 aromatic rings. The van der Waals surface area contributed by atoms with Crippen molar-refractivity contribution in [3.05, 3.63) is 35.4 Å². The number of benzene rings is 1. The molecular weight excluding hydrogens is 292 g/mol. The minimum absolute atomic E-state index is 0.0194. The van der Waals surface area contributed by atoms with Crippen molar-refractivity contribution in [1.29, 1.82) is 0 Å². The lowest BCUT2D eigenvalue weighted by atomic mass is 9.97. The summed E-state index contributed by atoms with van der Waals surface area (Å²) < 4.78 is 0. The first kappa shape index (κ1) is 17.9. The molecule has 1 aliphatic rings. The van der Waals surface area contributed by atoms with Crippen LogP contribution >= 0.6 is 0 Å². The van der Waals surface area contributed by atoms with Crippen molar-refractivity contribution < 1.29 is 15.0 Å². The highest BCUT2D eigenvalue weighted by Crippen LogP contribution is 2.17. The van der Waals surface area contributed by atoms with Crippen molar-refractivity contribution >= 4 is 5.91 Å². The molecule has 0 spiro atoms. The van der Waals surface area contributed by atoms with Gasteiger partial charge in [-0.05, 0) is 51.4 Å². The van der Waals surface area contributed by atoms with Crippen LogP contribution in [0.2, 0.25) is 0 Å². The van der Waals surface area contributed by atoms with E-state index in [2.05, 4.69) is 4.90 Å². The van der Waals surface area contributed by atoms with Crippen LogP contribution in [0.5, 0.6) is 0 Å². The van der Waals surface area contributed by atoms with Gasteiger partial charge in [0.2, 0.25) is 0 Å². The summed E-state index contributed by atoms with van der Waals surface area (Å²) >= 11 is 0. The van der Waals surface area contributed by atoms with E-state index in [-0.39, 0.29) is 18.6 Å². The SMILES string of the molecule is CN1CCN(C(=O)c2cccc(CCC(C)(C)O)c2)[C@H](CO)C1. The van der Waals surface area contributed by atoms with Gasteiger partial charge in [-0.3, -0.25) is 4.79 Å². The van der Waals surface area contributed by atoms with Crippen LogP contribution in [0.25, 0.3) is 0 Å². The molecule has 2 N–H and O–H groups in total. The standard InChI is InChI=1S/C18H28N2O3/c1-18(2,23)8-7-14-5-4-6-15(11-14)17(22)20-10-9-19(3)12-16(20)13-21/h4-6,11,16,21,23H,7-10,12-13H2,1-3H3/t16-/m0/s1. The van der Waals surface area contributed by atoms with Gasteiger partial charge >= 0.3 is 0 Å². The van der Waals surface area contributed by atoms with Crippen LogP contribution in [0.15, 0.2) is 24.3 Å². The Labute approximate surface area is 138 Å². The number of aliphatic hydroxyl groups is 2. The van der Waals surface area contributed by atoms with Crippen molar-refractivity contribution in [2.24, 2.45) is 0 Å². The summed E-state index contributed by atoms with van der Waals surface area (Å²) in [6, 6.07) is 7.44. The van der Waals surface area contributed by atoms with E-state index in [0.717, 1.165) is 18.5 Å². The second kappa shape index (κ2) is 7.43. The van der Waals surface area contributed by atoms with Crippen molar-refractivity contribution in [3.63, 3.8) is 0 Å². The van der Waals surface area contributed by atoms with Gasteiger partial charge in [-0.25, -0.2) is 0 Å². The van der Waals surface area contributed by atoms with Crippen LogP contribution < -0.4 is 0 Å². The monoisotopic (exact) mass is 320 g/mol. The van der Waals surface area contributed by atoms with Crippen LogP contribution in [0, 0.1) is 0 Å². The number of rotatable bonds is 5. The van der Waals surface area contributed by atoms with Crippen molar-refractivity contribution in [3.8, 4) is 0 Å². The van der Waals surface area contributed by atoms with E-state index in [9.17, 15) is 15.0 Å². The van der Waals surface area contributed by atoms with Crippen LogP contribution in [-0.4, -0.2) is 70.9 Å². The summed E-state index contributed by atoms with van der Waals surface area (Å²) in [7, 11) is 2.00. The zero-order chi connectivity index (χ0) is 17.0. The lowest BCUT2D eigenvalue weighted by Gasteiger charge is -2.39. The average Bonchev–Trinajstić information content (AvgIpc) is 2.51. The summed E-state index contributed by atoms with van der Waals surface area (Å²) in [4.78, 5) is 16.7. The number of hydrogen-bond donors (Lipinski definition) is 2. The number of aliphatic hydroxyl groups excluding tert-OH is 1. The van der Waals surface area contributed by atoms with Crippen LogP contribution in [0.4, 0.5) is 0 Å². The van der Waals surface area contributed by atoms with Crippen molar-refractivity contribution in [2.45, 2.75) is 38.3 Å². The Hall–Kier alpha value is -1.43. The fourth-order valence-electron chi connectivity index (χ4n) is 2.91. The molecule has 0 aliphatic carbocycles. The van der Waals surface area contributed by atoms with E-state index in [0.29, 0.717) is 25.1 Å². The number of nitrogens with zero attached hydrogens (tertiary/aromatic N) is 2. The first-order valence-electron chi connectivity index (χ1n) is 8.22. The predicted octanol–water partition coefficient (Wildman–Crippen LogP) is 1.14. The Morgan fingerprint density at radius 3 is 2.74 bits per heavy atom. The van der Waals surface area contributed by atoms with Gasteiger partial charge in [0.15, 0.2) is 0 Å². The van der Waals surface area contributed by atoms with E-state index in [4.69, 9.17) is 0 Å². The van der Waals surface area contributed by atoms with Crippen LogP contribution in [0.3, 0.4) is 0 Å². The molecule has 1 heterocycles. The van der Waals surface area contributed by atoms with E-state index in [1.165, 1.54) is 0 Å². The molecule has 1 atom stereocenters. The highest BCUT2D eigenvalue weighted by molar-refractivity contribution is 5.94. The first-order chi connectivity index (χ1) is 10.8. The molecule has 0 unspecified atom stereocenters. The molecule has 1 aliphatic heterocycles. The first-order valence-corrected chi connectivity index (χ1v) is 8.22. The third kappa shape index (κ3) is 5.03. The average molecular weight is 320 g/mol. The Morgan fingerprint density at radius 2 is 2.09 bits per heavy atom. The van der Waals surface area contributed by atoms with E-state index in [1.54, 1.807) is 18.7 Å². The van der Waals surface area contributed by atoms with E-state index >= 15 is 0 Å². The fraction of sp³-hybridized carbons (Fsp3) is 0.611. The maximum Gasteiger partial charge on any atom is 0.254 e. The summed E-state index contributed by atoms with van der Waals surface area (Å²) in [5, 5.41) is 19.4. The van der Waals surface area contributed by atoms with E-state index in [1.807, 2.05) is 31.3 Å². The molecular formula is C18H28N2O3. The molecule has 0 radical (unpaired) electrons. The molecule has 23 heavy (non-hydrogen) atoms. The van der Waals surface area contributed by atoms with Gasteiger partial charge in [0.05, 0.1) is 18.2 Å². The normalized spacial score (nSPS) is 19.9. The van der Waals surface area contributed by atoms with Gasteiger partial charge in [-0.1, -0.05) is 12.1 Å². The van der Waals surface area contributed by atoms with Gasteiger partial charge in [0.1, 0.15) is 0 Å². The molecule has 1 saturated heterocycles. The molecule has 1 fully saturated rings. The van der Waals surface area contributed by atoms with Gasteiger partial charge < -0.3 is 20.0 Å². The number of piperazine rings is 1. The summed E-state index contributed by atoms with van der Waals surface area (Å²) in [5.41, 5.74) is 0.994. The number of aryl methyl sites for hydroxylation is 1. The number of carbonyl (C=O) groups excluding carboxylic acids is 1. The van der Waals surface area contributed by atoms with Gasteiger partial charge in [-0.15, -0.1) is 0 Å². The van der Waals surface area contributed by atoms with Crippen LogP contribution in [-0.2, 0) is 6.42 Å². The molecule has 1 aromatic carbocycles. The highest BCUT2D eigenvalue weighted by Gasteiger charge is 2.29. The number of carbonyl (C=O) groups is 1. The minimum atomic E-state index is -0.709. The molecule has 0 saturated carbocycles. The predicted molar refractivity (Wildman–Crippen MR) is 90.5 cm³/mol. The van der Waals surface area contributed by atoms with Gasteiger partial charge in [0.25, 0.3) is 5.91 Å². The van der Waals surface area contributed by atoms with Gasteiger partial charge in [-0.2, -0.15) is 0 Å². The summed E-state index contributed by atoms with van der Waals surface area (Å²) in [5.74, 6) is -0.0257. The van der Waals surface area contributed by atoms with Crippen molar-refractivity contribution in [2.75, 3.05) is 33.3 Å². The second-order valence-electron chi connectivity index (χ2n) is 7.11. The summed E-state index contributed by atoms with van der Waals surface area (Å²) in [6.07, 6.45) is 1.38. The van der Waals surface area contributed by atoms with Gasteiger partial charge in [0, 0.05) is 25.2 Å². The fourth-order valence-corrected chi connectivity index (χ4v) is 2.91. The van der Waals surface area contributed by atoms with Crippen molar-refractivity contribution in [1.82, 2.24) is 9.80 Å². The largest absolute Gasteiger partial charge is 0.394 e. The zero-order valence-electron chi connectivity index (χ0n) is 14.3. The van der Waals surface area contributed by atoms with Crippen LogP contribution in [0.1, 0.15) is 36.2 Å². The topological polar surface area (TPSA) is 64.0 Å². The third-order valence-corrected chi connectivity index (χ3v) is 4.36. The zero-order valence-corrected chi connectivity index (χ0v) is 14.3. The summed E-state index contributed by atoms with van der Waals surface area (Å²) in [6.45, 7) is 5.71. The lowest BCUT2D eigenvalue weighted by molar-refractivity contribution is 0.0356. The highest BCUT2D eigenvalue weighted by atomic mass is 16.3. The molecule has 5 nitrogen and oxygen atoms in total. The number of amides is 1. The lowest BCUT2D eigenvalue weighted by Crippen LogP contribution is -2.55. The maximum absolute atomic E-state index is 12.8. The minimum Gasteiger partial charge on any atom is -0.394 e. The quantitative estimate of drug-likeness (QED) is 0.854. The number of hydrogen-bond acceptors (Lipinski definition) is 4. The molecule has 1 amide bonds. The molecule has 5 heteroatoms. The number of likely N-dealkylation sites (N-methyl/N-ethyl adjacent to an activating group) is 1. The van der Waals surface area contributed by atoms with E-state index < -0.39 is 5.60 Å². The third-order valence-electron chi connectivity index (χ3n) is 4.36. The Kier molecular flexibility index (Phi) is 5.79. The second-order valence-corrected chi connectivity index (χ2v) is 7.11. The molecule has 0 bridgehead atoms. The Morgan fingerprint density at radius 1 is 1.35 bits per heavy atom. The smallest absolute Gasteiger partial charge is 0.254 e. The molecule has 128 valence electrons.